The molecular formula is C20H21N5O3S2. The van der Waals surface area contributed by atoms with Gasteiger partial charge in [-0.2, -0.15) is 5.26 Å². The number of carbonyl (C=O) groups is 1. The molecule has 8 nitrogen and oxygen atoms in total. The second-order valence-electron chi connectivity index (χ2n) is 7.45. The van der Waals surface area contributed by atoms with Crippen molar-refractivity contribution in [3.8, 4) is 6.07 Å². The Morgan fingerprint density at radius 1 is 1.37 bits per heavy atom. The molecule has 30 heavy (non-hydrogen) atoms. The average Bonchev–Trinajstić information content (AvgIpc) is 2.66. The lowest BCUT2D eigenvalue weighted by atomic mass is 9.90. The molecular weight excluding hydrogens is 422 g/mol. The Bertz CT molecular complexity index is 1140. The number of pyridine rings is 2. The summed E-state index contributed by atoms with van der Waals surface area (Å²) < 4.78 is 23.5. The molecule has 0 amide bonds. The van der Waals surface area contributed by atoms with Crippen LogP contribution in [0.15, 0.2) is 41.7 Å². The number of ketones is 1. The minimum atomic E-state index is -3.16. The van der Waals surface area contributed by atoms with Crippen LogP contribution in [0.5, 0.6) is 0 Å². The maximum atomic E-state index is 12.6. The van der Waals surface area contributed by atoms with Gasteiger partial charge in [0, 0.05) is 30.3 Å². The molecule has 10 heteroatoms. The summed E-state index contributed by atoms with van der Waals surface area (Å²) in [4.78, 5) is 25.6. The molecule has 3 heterocycles. The van der Waals surface area contributed by atoms with Gasteiger partial charge in [-0.15, -0.1) is 0 Å². The number of thioether (sulfide) groups is 1. The Hall–Kier alpha value is -2.77. The summed E-state index contributed by atoms with van der Waals surface area (Å²) in [6, 6.07) is 8.59. The Labute approximate surface area is 179 Å². The van der Waals surface area contributed by atoms with E-state index in [-0.39, 0.29) is 28.9 Å². The zero-order valence-electron chi connectivity index (χ0n) is 16.6. The number of amidine groups is 1. The minimum Gasteiger partial charge on any atom is -0.379 e. The van der Waals surface area contributed by atoms with Crippen molar-refractivity contribution < 1.29 is 13.2 Å². The fourth-order valence-electron chi connectivity index (χ4n) is 3.34. The molecule has 0 bridgehead atoms. The highest BCUT2D eigenvalue weighted by Crippen LogP contribution is 2.38. The highest BCUT2D eigenvalue weighted by atomic mass is 32.2. The third kappa shape index (κ3) is 5.43. The molecule has 0 spiro atoms. The number of rotatable bonds is 6. The first-order chi connectivity index (χ1) is 14.1. The summed E-state index contributed by atoms with van der Waals surface area (Å²) in [5, 5.41) is 8.94. The number of carbonyl (C=O) groups excluding carboxylic acids is 1. The van der Waals surface area contributed by atoms with Gasteiger partial charge in [0.25, 0.3) is 0 Å². The first kappa shape index (κ1) is 21.9. The van der Waals surface area contributed by atoms with Crippen molar-refractivity contribution in [2.75, 3.05) is 12.0 Å². The summed E-state index contributed by atoms with van der Waals surface area (Å²) >= 11 is 1.26. The van der Waals surface area contributed by atoms with E-state index in [1.54, 1.807) is 24.4 Å². The molecule has 0 saturated heterocycles. The number of hydrogen-bond donors (Lipinski definition) is 1. The van der Waals surface area contributed by atoms with Gasteiger partial charge in [0.15, 0.2) is 11.0 Å². The topological polar surface area (TPSA) is 139 Å². The van der Waals surface area contributed by atoms with Gasteiger partial charge < -0.3 is 5.73 Å². The molecule has 2 aromatic heterocycles. The van der Waals surface area contributed by atoms with E-state index in [0.29, 0.717) is 22.8 Å². The van der Waals surface area contributed by atoms with Crippen molar-refractivity contribution in [3.05, 3.63) is 59.2 Å². The molecule has 156 valence electrons. The Morgan fingerprint density at radius 3 is 2.77 bits per heavy atom. The second-order valence-corrected chi connectivity index (χ2v) is 11.0. The molecule has 0 aromatic carbocycles. The normalized spacial score (nSPS) is 21.5. The Kier molecular flexibility index (Phi) is 6.24. The van der Waals surface area contributed by atoms with E-state index in [1.807, 2.05) is 13.0 Å². The molecule has 2 atom stereocenters. The van der Waals surface area contributed by atoms with E-state index in [2.05, 4.69) is 15.0 Å². The van der Waals surface area contributed by atoms with Crippen molar-refractivity contribution in [2.24, 2.45) is 10.7 Å². The van der Waals surface area contributed by atoms with Crippen molar-refractivity contribution >= 4 is 32.6 Å². The van der Waals surface area contributed by atoms with Crippen LogP contribution < -0.4 is 5.73 Å². The van der Waals surface area contributed by atoms with Gasteiger partial charge in [0.05, 0.1) is 17.0 Å². The number of nitrogens with zero attached hydrogens (tertiary/aromatic N) is 4. The molecule has 0 fully saturated rings. The van der Waals surface area contributed by atoms with Crippen LogP contribution in [0.1, 0.15) is 40.7 Å². The Morgan fingerprint density at radius 2 is 2.13 bits per heavy atom. The van der Waals surface area contributed by atoms with Gasteiger partial charge in [-0.25, -0.2) is 13.4 Å². The van der Waals surface area contributed by atoms with Gasteiger partial charge in [-0.3, -0.25) is 14.8 Å². The number of sulfone groups is 1. The van der Waals surface area contributed by atoms with E-state index >= 15 is 0 Å². The molecule has 0 unspecified atom stereocenters. The van der Waals surface area contributed by atoms with Crippen LogP contribution in [0.4, 0.5) is 0 Å². The quantitative estimate of drug-likeness (QED) is 0.667. The average molecular weight is 444 g/mol. The molecule has 0 saturated carbocycles. The van der Waals surface area contributed by atoms with Gasteiger partial charge in [0.2, 0.25) is 0 Å². The maximum absolute atomic E-state index is 12.6. The summed E-state index contributed by atoms with van der Waals surface area (Å²) in [6.45, 7) is 1.87. The Balaban J connectivity index is 1.82. The zero-order valence-corrected chi connectivity index (χ0v) is 18.2. The summed E-state index contributed by atoms with van der Waals surface area (Å²) in [7, 11) is -3.16. The van der Waals surface area contributed by atoms with Crippen molar-refractivity contribution in [1.82, 2.24) is 9.97 Å². The van der Waals surface area contributed by atoms with Gasteiger partial charge in [-0.1, -0.05) is 11.8 Å². The van der Waals surface area contributed by atoms with Crippen LogP contribution in [0.3, 0.4) is 0 Å². The predicted octanol–water partition coefficient (Wildman–Crippen LogP) is 1.85. The third-order valence-corrected chi connectivity index (χ3v) is 6.90. The van der Waals surface area contributed by atoms with Crippen LogP contribution in [-0.2, 0) is 21.8 Å². The summed E-state index contributed by atoms with van der Waals surface area (Å²) in [5.74, 6) is -0.176. The number of aliphatic imine (C=N–C) groups is 1. The lowest BCUT2D eigenvalue weighted by Gasteiger charge is -2.33. The number of nitriles is 1. The molecule has 2 aromatic rings. The first-order valence-electron chi connectivity index (χ1n) is 9.12. The van der Waals surface area contributed by atoms with Crippen LogP contribution in [0, 0.1) is 11.3 Å². The van der Waals surface area contributed by atoms with E-state index in [4.69, 9.17) is 11.0 Å². The summed E-state index contributed by atoms with van der Waals surface area (Å²) in [5.41, 5.74) is 7.24. The number of nitrogens with two attached hydrogens (primary N) is 1. The van der Waals surface area contributed by atoms with Crippen LogP contribution in [0.25, 0.3) is 0 Å². The van der Waals surface area contributed by atoms with Gasteiger partial charge in [-0.05, 0) is 43.2 Å². The highest BCUT2D eigenvalue weighted by molar-refractivity contribution is 8.14. The lowest BCUT2D eigenvalue weighted by Crippen LogP contribution is -2.37. The number of hydrogen-bond acceptors (Lipinski definition) is 9. The van der Waals surface area contributed by atoms with Crippen LogP contribution in [0.2, 0.25) is 0 Å². The first-order valence-corrected chi connectivity index (χ1v) is 12.1. The molecule has 1 aliphatic rings. The van der Waals surface area contributed by atoms with E-state index in [1.165, 1.54) is 30.3 Å². The van der Waals surface area contributed by atoms with E-state index in [0.717, 1.165) is 5.56 Å². The van der Waals surface area contributed by atoms with Crippen LogP contribution in [-0.4, -0.2) is 46.6 Å². The van der Waals surface area contributed by atoms with E-state index < -0.39 is 15.4 Å². The largest absolute Gasteiger partial charge is 0.379 e. The van der Waals surface area contributed by atoms with Crippen molar-refractivity contribution in [2.45, 2.75) is 30.6 Å². The third-order valence-electron chi connectivity index (χ3n) is 4.68. The maximum Gasteiger partial charge on any atom is 0.185 e. The highest BCUT2D eigenvalue weighted by Gasteiger charge is 2.37. The van der Waals surface area contributed by atoms with Crippen molar-refractivity contribution in [3.63, 3.8) is 0 Å². The van der Waals surface area contributed by atoms with Gasteiger partial charge in [0.1, 0.15) is 27.1 Å². The van der Waals surface area contributed by atoms with Gasteiger partial charge >= 0.3 is 0 Å². The van der Waals surface area contributed by atoms with Crippen LogP contribution >= 0.6 is 11.8 Å². The fourth-order valence-corrected chi connectivity index (χ4v) is 6.15. The lowest BCUT2D eigenvalue weighted by molar-refractivity contribution is 0.0988. The standard InChI is InChI=1S/C20H21N5O3S2/c1-20(9-15(12-30(2,27)28)29-19(22)25-20)18-8-13(5-6-23-18)7-17(26)16-4-3-14(10-21)11-24-16/h3-6,8,11,15H,7,9,12H2,1-2H3,(H2,22,25)/t15-,20-/m0/s1. The summed E-state index contributed by atoms with van der Waals surface area (Å²) in [6.07, 6.45) is 4.76. The zero-order chi connectivity index (χ0) is 21.9. The molecule has 0 aliphatic carbocycles. The van der Waals surface area contributed by atoms with E-state index in [9.17, 15) is 13.2 Å². The smallest absolute Gasteiger partial charge is 0.185 e. The number of aromatic nitrogens is 2. The predicted molar refractivity (Wildman–Crippen MR) is 116 cm³/mol. The SMILES string of the molecule is C[C@@]1(c2cc(CC(=O)c3ccc(C#N)cn3)ccn2)C[C@@H](CS(C)(=O)=O)SC(N)=N1. The molecule has 1 aliphatic heterocycles. The van der Waals surface area contributed by atoms with Crippen molar-refractivity contribution in [1.29, 1.82) is 5.26 Å². The number of Topliss-reactive ketones (excluding diaryl/α,β-unsaturated/α-hetero) is 1. The molecule has 2 N–H and O–H groups in total. The molecule has 0 radical (unpaired) electrons. The second kappa shape index (κ2) is 8.53. The molecule has 3 rings (SSSR count). The fraction of sp³-hybridized carbons (Fsp3) is 0.350. The minimum absolute atomic E-state index is 0.00597. The monoisotopic (exact) mass is 443 g/mol.